The second kappa shape index (κ2) is 10.4. The van der Waals surface area contributed by atoms with Gasteiger partial charge in [-0.2, -0.15) is 0 Å². The zero-order valence-electron chi connectivity index (χ0n) is 20.7. The summed E-state index contributed by atoms with van der Waals surface area (Å²) in [4.78, 5) is 2.19. The van der Waals surface area contributed by atoms with Gasteiger partial charge in [-0.15, -0.1) is 0 Å². The highest BCUT2D eigenvalue weighted by Crippen LogP contribution is 2.46. The van der Waals surface area contributed by atoms with Gasteiger partial charge in [-0.05, 0) is 99.2 Å². The van der Waals surface area contributed by atoms with E-state index in [4.69, 9.17) is 5.41 Å². The first kappa shape index (κ1) is 23.8. The summed E-state index contributed by atoms with van der Waals surface area (Å²) in [5, 5.41) is 15.1. The summed E-state index contributed by atoms with van der Waals surface area (Å²) in [6.07, 6.45) is 10.2. The van der Waals surface area contributed by atoms with Crippen LogP contribution < -0.4 is 15.5 Å². The molecule has 2 aromatic rings. The van der Waals surface area contributed by atoms with Crippen LogP contribution in [-0.4, -0.2) is 31.4 Å². The maximum atomic E-state index is 16.0. The number of halogens is 1. The molecule has 2 heterocycles. The minimum Gasteiger partial charge on any atom is -0.388 e. The molecule has 184 valence electrons. The Morgan fingerprint density at radius 3 is 2.60 bits per heavy atom. The largest absolute Gasteiger partial charge is 0.388 e. The fraction of sp³-hybridized carbons (Fsp3) is 0.433. The molecule has 0 amide bonds. The summed E-state index contributed by atoms with van der Waals surface area (Å²) in [5.74, 6) is 0.279. The van der Waals surface area contributed by atoms with E-state index in [-0.39, 0.29) is 11.9 Å². The van der Waals surface area contributed by atoms with Gasteiger partial charge in [0, 0.05) is 35.8 Å². The summed E-state index contributed by atoms with van der Waals surface area (Å²) in [5.41, 5.74) is 6.75. The van der Waals surface area contributed by atoms with Crippen LogP contribution in [0.5, 0.6) is 0 Å². The zero-order valence-corrected chi connectivity index (χ0v) is 20.7. The smallest absolute Gasteiger partial charge is 0.147 e. The summed E-state index contributed by atoms with van der Waals surface area (Å²) >= 11 is 0. The Morgan fingerprint density at radius 1 is 1.17 bits per heavy atom. The molecule has 0 radical (unpaired) electrons. The zero-order chi connectivity index (χ0) is 24.4. The summed E-state index contributed by atoms with van der Waals surface area (Å²) in [6, 6.07) is 12.7. The van der Waals surface area contributed by atoms with Crippen molar-refractivity contribution in [3.8, 4) is 0 Å². The third-order valence-electron chi connectivity index (χ3n) is 7.83. The number of fused-ring (bicyclic) bond motifs is 1. The van der Waals surface area contributed by atoms with Gasteiger partial charge >= 0.3 is 0 Å². The molecule has 5 rings (SSSR count). The van der Waals surface area contributed by atoms with Crippen molar-refractivity contribution in [3.05, 3.63) is 82.9 Å². The summed E-state index contributed by atoms with van der Waals surface area (Å²) in [7, 11) is 0. The maximum Gasteiger partial charge on any atom is 0.147 e. The fourth-order valence-electron chi connectivity index (χ4n) is 5.66. The van der Waals surface area contributed by atoms with Gasteiger partial charge in [-0.1, -0.05) is 36.9 Å². The van der Waals surface area contributed by atoms with Gasteiger partial charge in [-0.3, -0.25) is 0 Å². The van der Waals surface area contributed by atoms with Gasteiger partial charge in [0.05, 0.1) is 5.69 Å². The molecule has 5 heteroatoms. The molecular weight excluding hydrogens is 435 g/mol. The predicted molar refractivity (Wildman–Crippen MR) is 144 cm³/mol. The summed E-state index contributed by atoms with van der Waals surface area (Å²) < 4.78 is 16.0. The van der Waals surface area contributed by atoms with Gasteiger partial charge in [0.15, 0.2) is 0 Å². The van der Waals surface area contributed by atoms with Crippen molar-refractivity contribution < 1.29 is 4.39 Å². The van der Waals surface area contributed by atoms with Crippen LogP contribution in [0.4, 0.5) is 10.1 Å². The highest BCUT2D eigenvalue weighted by molar-refractivity contribution is 6.09. The van der Waals surface area contributed by atoms with E-state index in [1.54, 1.807) is 6.07 Å². The second-order valence-electron chi connectivity index (χ2n) is 10.3. The maximum absolute atomic E-state index is 16.0. The molecule has 4 nitrogen and oxygen atoms in total. The second-order valence-corrected chi connectivity index (χ2v) is 10.3. The Labute approximate surface area is 208 Å². The Hall–Kier alpha value is -2.92. The molecule has 3 N–H and O–H groups in total. The molecule has 2 fully saturated rings. The third-order valence-corrected chi connectivity index (χ3v) is 7.83. The van der Waals surface area contributed by atoms with Gasteiger partial charge in [0.2, 0.25) is 0 Å². The van der Waals surface area contributed by atoms with Crippen LogP contribution in [0.25, 0.3) is 5.57 Å². The Balaban J connectivity index is 1.60. The number of allylic oxidation sites excluding steroid dienone is 2. The van der Waals surface area contributed by atoms with Crippen molar-refractivity contribution in [2.45, 2.75) is 64.0 Å². The molecule has 2 aromatic carbocycles. The molecule has 1 aliphatic carbocycles. The molecule has 1 saturated heterocycles. The number of nitrogens with one attached hydrogen (secondary N) is 3. The van der Waals surface area contributed by atoms with E-state index in [0.717, 1.165) is 86.0 Å². The highest BCUT2D eigenvalue weighted by Gasteiger charge is 2.36. The Kier molecular flexibility index (Phi) is 7.05. The first-order chi connectivity index (χ1) is 17.1. The van der Waals surface area contributed by atoms with Crippen LogP contribution in [0.3, 0.4) is 0 Å². The van der Waals surface area contributed by atoms with E-state index in [9.17, 15) is 0 Å². The number of rotatable bonds is 8. The number of hydrogen-bond acceptors (Lipinski definition) is 4. The molecule has 0 bridgehead atoms. The van der Waals surface area contributed by atoms with Crippen LogP contribution in [0.15, 0.2) is 54.9 Å². The van der Waals surface area contributed by atoms with E-state index in [1.165, 1.54) is 11.8 Å². The van der Waals surface area contributed by atoms with Crippen molar-refractivity contribution in [1.82, 2.24) is 10.6 Å². The first-order valence-corrected chi connectivity index (χ1v) is 13.1. The molecule has 0 aromatic heterocycles. The molecule has 3 aliphatic rings. The van der Waals surface area contributed by atoms with Gasteiger partial charge in [0.1, 0.15) is 5.82 Å². The number of nitrogens with zero attached hydrogens (tertiary/aromatic N) is 1. The van der Waals surface area contributed by atoms with E-state index in [0.29, 0.717) is 17.6 Å². The molecule has 35 heavy (non-hydrogen) atoms. The molecule has 1 saturated carbocycles. The molecule has 0 spiro atoms. The van der Waals surface area contributed by atoms with Crippen molar-refractivity contribution >= 4 is 17.5 Å². The topological polar surface area (TPSA) is 51.2 Å². The molecular formula is C30H37FN4. The molecule has 1 unspecified atom stereocenters. The Bertz CT molecular complexity index is 1110. The predicted octanol–water partition coefficient (Wildman–Crippen LogP) is 5.81. The average molecular weight is 473 g/mol. The molecule has 1 atom stereocenters. The lowest BCUT2D eigenvalue weighted by Crippen LogP contribution is -2.38. The first-order valence-electron chi connectivity index (χ1n) is 13.1. The van der Waals surface area contributed by atoms with Gasteiger partial charge in [0.25, 0.3) is 0 Å². The van der Waals surface area contributed by atoms with Crippen LogP contribution in [-0.2, 0) is 12.8 Å². The Morgan fingerprint density at radius 2 is 1.91 bits per heavy atom. The lowest BCUT2D eigenvalue weighted by Gasteiger charge is -2.40. The molecule has 2 aliphatic heterocycles. The van der Waals surface area contributed by atoms with Gasteiger partial charge in [-0.25, -0.2) is 4.39 Å². The standard InChI is InChI=1S/C30H37FN4/c1-20-8-11-26-28(16-22-6-4-3-5-7-22)27(24(18-32)19-34-25-12-14-33-15-13-25)17-29(31)30(26)35(20)21(2)23-9-10-23/h3-7,17-20,23,25,32-34H,2,8-16H2,1H3/b24-19+,32-18?. The van der Waals surface area contributed by atoms with Crippen LogP contribution in [0, 0.1) is 17.1 Å². The van der Waals surface area contributed by atoms with Crippen molar-refractivity contribution in [2.24, 2.45) is 5.92 Å². The lowest BCUT2D eigenvalue weighted by molar-refractivity contribution is 0.420. The number of anilines is 1. The minimum absolute atomic E-state index is 0.199. The number of piperidine rings is 1. The van der Waals surface area contributed by atoms with E-state index < -0.39 is 0 Å². The fourth-order valence-corrected chi connectivity index (χ4v) is 5.66. The van der Waals surface area contributed by atoms with Crippen LogP contribution in [0.1, 0.15) is 61.3 Å². The normalized spacial score (nSPS) is 20.9. The van der Waals surface area contributed by atoms with E-state index in [1.807, 2.05) is 12.3 Å². The van der Waals surface area contributed by atoms with Crippen LogP contribution >= 0.6 is 0 Å². The van der Waals surface area contributed by atoms with E-state index in [2.05, 4.69) is 53.3 Å². The quantitative estimate of drug-likeness (QED) is 0.425. The number of benzene rings is 2. The van der Waals surface area contributed by atoms with Crippen LogP contribution in [0.2, 0.25) is 0 Å². The monoisotopic (exact) mass is 472 g/mol. The number of hydrogen-bond donors (Lipinski definition) is 3. The van der Waals surface area contributed by atoms with Crippen molar-refractivity contribution in [1.29, 1.82) is 5.41 Å². The van der Waals surface area contributed by atoms with Gasteiger partial charge < -0.3 is 20.9 Å². The summed E-state index contributed by atoms with van der Waals surface area (Å²) in [6.45, 7) is 8.58. The third kappa shape index (κ3) is 5.06. The lowest BCUT2D eigenvalue weighted by atomic mass is 9.84. The van der Waals surface area contributed by atoms with Crippen molar-refractivity contribution in [2.75, 3.05) is 18.0 Å². The average Bonchev–Trinajstić information content (AvgIpc) is 3.73. The van der Waals surface area contributed by atoms with Crippen molar-refractivity contribution in [3.63, 3.8) is 0 Å². The van der Waals surface area contributed by atoms with E-state index >= 15 is 4.39 Å². The highest BCUT2D eigenvalue weighted by atomic mass is 19.1. The minimum atomic E-state index is -0.199. The SMILES string of the molecule is C=C(C1CC1)N1c2c(F)cc(/C(C=N)=C/NC3CCNCC3)c(Cc3ccccc3)c2CCC1C.